The standard InChI is InChI=1S/C10H14N4O2/c11-9(14-16)6-10(15)13-5-3-8-2-1-4-12-7-8/h1-2,4,7,16H,3,5-6H2,(H2,11,14)(H,13,15). The molecular formula is C10H14N4O2. The van der Waals surface area contributed by atoms with Crippen LogP contribution >= 0.6 is 0 Å². The highest BCUT2D eigenvalue weighted by Crippen LogP contribution is 1.95. The molecule has 0 saturated carbocycles. The maximum absolute atomic E-state index is 11.2. The smallest absolute Gasteiger partial charge is 0.227 e. The summed E-state index contributed by atoms with van der Waals surface area (Å²) in [6, 6.07) is 3.77. The number of oxime groups is 1. The predicted molar refractivity (Wildman–Crippen MR) is 59.0 cm³/mol. The molecule has 0 aliphatic rings. The first-order chi connectivity index (χ1) is 7.72. The van der Waals surface area contributed by atoms with Crippen LogP contribution in [0.4, 0.5) is 0 Å². The van der Waals surface area contributed by atoms with Crippen molar-refractivity contribution in [2.24, 2.45) is 10.9 Å². The van der Waals surface area contributed by atoms with Gasteiger partial charge in [-0.25, -0.2) is 0 Å². The van der Waals surface area contributed by atoms with E-state index in [1.54, 1.807) is 12.4 Å². The van der Waals surface area contributed by atoms with Crippen molar-refractivity contribution in [2.75, 3.05) is 6.54 Å². The van der Waals surface area contributed by atoms with Gasteiger partial charge in [0.1, 0.15) is 5.84 Å². The molecule has 0 saturated heterocycles. The quantitative estimate of drug-likeness (QED) is 0.280. The normalized spacial score (nSPS) is 11.1. The molecule has 1 heterocycles. The maximum Gasteiger partial charge on any atom is 0.227 e. The number of hydrogen-bond donors (Lipinski definition) is 3. The lowest BCUT2D eigenvalue weighted by Crippen LogP contribution is -2.30. The minimum absolute atomic E-state index is 0.0937. The third-order valence-electron chi connectivity index (χ3n) is 1.93. The van der Waals surface area contributed by atoms with E-state index in [9.17, 15) is 4.79 Å². The number of nitrogens with two attached hydrogens (primary N) is 1. The van der Waals surface area contributed by atoms with E-state index in [1.807, 2.05) is 12.1 Å². The first-order valence-corrected chi connectivity index (χ1v) is 4.84. The minimum Gasteiger partial charge on any atom is -0.409 e. The van der Waals surface area contributed by atoms with Crippen molar-refractivity contribution in [3.05, 3.63) is 30.1 Å². The van der Waals surface area contributed by atoms with Gasteiger partial charge in [-0.15, -0.1) is 0 Å². The number of amidine groups is 1. The molecule has 0 spiro atoms. The molecule has 1 rings (SSSR count). The number of pyridine rings is 1. The van der Waals surface area contributed by atoms with Crippen LogP contribution in [0.15, 0.2) is 29.7 Å². The van der Waals surface area contributed by atoms with Crippen LogP contribution in [0, 0.1) is 0 Å². The zero-order valence-electron chi connectivity index (χ0n) is 8.76. The Balaban J connectivity index is 2.23. The number of carbonyl (C=O) groups is 1. The van der Waals surface area contributed by atoms with Crippen LogP contribution in [-0.2, 0) is 11.2 Å². The number of rotatable bonds is 5. The Morgan fingerprint density at radius 1 is 1.62 bits per heavy atom. The van der Waals surface area contributed by atoms with Gasteiger partial charge in [0.15, 0.2) is 0 Å². The summed E-state index contributed by atoms with van der Waals surface area (Å²) in [5, 5.41) is 13.6. The van der Waals surface area contributed by atoms with Crippen LogP contribution in [-0.4, -0.2) is 28.5 Å². The second-order valence-corrected chi connectivity index (χ2v) is 3.23. The number of carbonyl (C=O) groups excluding carboxylic acids is 1. The highest BCUT2D eigenvalue weighted by Gasteiger charge is 2.03. The van der Waals surface area contributed by atoms with Gasteiger partial charge in [0.05, 0.1) is 6.42 Å². The van der Waals surface area contributed by atoms with Gasteiger partial charge in [-0.3, -0.25) is 9.78 Å². The van der Waals surface area contributed by atoms with E-state index in [4.69, 9.17) is 10.9 Å². The Labute approximate surface area is 93.2 Å². The van der Waals surface area contributed by atoms with Gasteiger partial charge in [0, 0.05) is 18.9 Å². The molecular weight excluding hydrogens is 208 g/mol. The highest BCUT2D eigenvalue weighted by molar-refractivity contribution is 5.98. The van der Waals surface area contributed by atoms with E-state index in [-0.39, 0.29) is 18.2 Å². The van der Waals surface area contributed by atoms with Crippen molar-refractivity contribution in [1.29, 1.82) is 0 Å². The molecule has 1 aromatic heterocycles. The van der Waals surface area contributed by atoms with Crippen LogP contribution < -0.4 is 11.1 Å². The molecule has 6 nitrogen and oxygen atoms in total. The topological polar surface area (TPSA) is 101 Å². The summed E-state index contributed by atoms with van der Waals surface area (Å²) in [5.74, 6) is -0.363. The summed E-state index contributed by atoms with van der Waals surface area (Å²) in [6.45, 7) is 0.503. The van der Waals surface area contributed by atoms with E-state index in [0.717, 1.165) is 5.56 Å². The third kappa shape index (κ3) is 4.41. The number of amides is 1. The van der Waals surface area contributed by atoms with Gasteiger partial charge in [-0.1, -0.05) is 11.2 Å². The fourth-order valence-corrected chi connectivity index (χ4v) is 1.15. The zero-order valence-corrected chi connectivity index (χ0v) is 8.76. The van der Waals surface area contributed by atoms with Crippen molar-refractivity contribution in [2.45, 2.75) is 12.8 Å². The molecule has 1 amide bonds. The number of aromatic nitrogens is 1. The molecule has 16 heavy (non-hydrogen) atoms. The molecule has 0 bridgehead atoms. The summed E-state index contributed by atoms with van der Waals surface area (Å²) >= 11 is 0. The van der Waals surface area contributed by atoms with E-state index in [2.05, 4.69) is 15.5 Å². The Bertz CT molecular complexity index is 364. The molecule has 0 fully saturated rings. The first kappa shape index (κ1) is 12.0. The SMILES string of the molecule is N/C(CC(=O)NCCc1cccnc1)=N/O. The van der Waals surface area contributed by atoms with Crippen molar-refractivity contribution < 1.29 is 10.0 Å². The monoisotopic (exact) mass is 222 g/mol. The Kier molecular flexibility index (Phi) is 4.78. The van der Waals surface area contributed by atoms with Crippen molar-refractivity contribution in [3.8, 4) is 0 Å². The van der Waals surface area contributed by atoms with Gasteiger partial charge >= 0.3 is 0 Å². The molecule has 0 atom stereocenters. The zero-order chi connectivity index (χ0) is 11.8. The van der Waals surface area contributed by atoms with Crippen LogP contribution in [0.25, 0.3) is 0 Å². The van der Waals surface area contributed by atoms with Gasteiger partial charge in [-0.2, -0.15) is 0 Å². The molecule has 0 aliphatic carbocycles. The molecule has 0 radical (unpaired) electrons. The second kappa shape index (κ2) is 6.39. The molecule has 0 unspecified atom stereocenters. The summed E-state index contributed by atoms with van der Waals surface area (Å²) in [7, 11) is 0. The largest absolute Gasteiger partial charge is 0.409 e. The van der Waals surface area contributed by atoms with Crippen molar-refractivity contribution >= 4 is 11.7 Å². The van der Waals surface area contributed by atoms with Crippen molar-refractivity contribution in [1.82, 2.24) is 10.3 Å². The van der Waals surface area contributed by atoms with E-state index in [0.29, 0.717) is 13.0 Å². The molecule has 0 aliphatic heterocycles. The summed E-state index contributed by atoms with van der Waals surface area (Å²) in [4.78, 5) is 15.2. The lowest BCUT2D eigenvalue weighted by Gasteiger charge is -2.04. The van der Waals surface area contributed by atoms with Gasteiger partial charge in [0.2, 0.25) is 5.91 Å². The average Bonchev–Trinajstić information content (AvgIpc) is 2.30. The average molecular weight is 222 g/mol. The summed E-state index contributed by atoms with van der Waals surface area (Å²) in [5.41, 5.74) is 6.23. The fourth-order valence-electron chi connectivity index (χ4n) is 1.15. The van der Waals surface area contributed by atoms with E-state index in [1.165, 1.54) is 0 Å². The Hall–Kier alpha value is -2.11. The predicted octanol–water partition coefficient (Wildman–Crippen LogP) is -0.123. The van der Waals surface area contributed by atoms with Crippen LogP contribution in [0.5, 0.6) is 0 Å². The van der Waals surface area contributed by atoms with Crippen LogP contribution in [0.1, 0.15) is 12.0 Å². The highest BCUT2D eigenvalue weighted by atomic mass is 16.4. The number of hydrogen-bond acceptors (Lipinski definition) is 4. The molecule has 86 valence electrons. The molecule has 0 aromatic carbocycles. The lowest BCUT2D eigenvalue weighted by molar-refractivity contribution is -0.119. The first-order valence-electron chi connectivity index (χ1n) is 4.84. The third-order valence-corrected chi connectivity index (χ3v) is 1.93. The minimum atomic E-state index is -0.265. The molecule has 6 heteroatoms. The number of nitrogens with zero attached hydrogens (tertiary/aromatic N) is 2. The van der Waals surface area contributed by atoms with Crippen LogP contribution in [0.2, 0.25) is 0 Å². The van der Waals surface area contributed by atoms with E-state index >= 15 is 0 Å². The van der Waals surface area contributed by atoms with Crippen LogP contribution in [0.3, 0.4) is 0 Å². The molecule has 1 aromatic rings. The van der Waals surface area contributed by atoms with Crippen molar-refractivity contribution in [3.63, 3.8) is 0 Å². The maximum atomic E-state index is 11.2. The van der Waals surface area contributed by atoms with E-state index < -0.39 is 0 Å². The summed E-state index contributed by atoms with van der Waals surface area (Å²) in [6.07, 6.45) is 4.05. The molecule has 4 N–H and O–H groups in total. The second-order valence-electron chi connectivity index (χ2n) is 3.23. The number of nitrogens with one attached hydrogen (secondary N) is 1. The lowest BCUT2D eigenvalue weighted by atomic mass is 10.2. The fraction of sp³-hybridized carbons (Fsp3) is 0.300. The Morgan fingerprint density at radius 3 is 3.06 bits per heavy atom. The summed E-state index contributed by atoms with van der Waals surface area (Å²) < 4.78 is 0. The van der Waals surface area contributed by atoms with Gasteiger partial charge in [0.25, 0.3) is 0 Å². The van der Waals surface area contributed by atoms with Gasteiger partial charge in [-0.05, 0) is 18.1 Å². The van der Waals surface area contributed by atoms with Gasteiger partial charge < -0.3 is 16.3 Å². The Morgan fingerprint density at radius 2 is 2.44 bits per heavy atom.